The van der Waals surface area contributed by atoms with Crippen molar-refractivity contribution in [3.63, 3.8) is 0 Å². The number of carbonyl (C=O) groups is 1. The summed E-state index contributed by atoms with van der Waals surface area (Å²) in [5, 5.41) is 3.64. The monoisotopic (exact) mass is 403 g/mol. The zero-order chi connectivity index (χ0) is 14.5. The molecule has 106 valence electrons. The molecule has 1 aromatic carbocycles. The van der Waals surface area contributed by atoms with Gasteiger partial charge in [-0.15, -0.1) is 0 Å². The molecule has 0 aliphatic heterocycles. The second-order valence-electron chi connectivity index (χ2n) is 4.62. The maximum absolute atomic E-state index is 12.1. The lowest BCUT2D eigenvalue weighted by Gasteiger charge is -2.13. The van der Waals surface area contributed by atoms with E-state index in [9.17, 15) is 4.79 Å². The third-order valence-corrected chi connectivity index (χ3v) is 4.50. The number of hydrogen-bond donors (Lipinski definition) is 1. The molecule has 3 nitrogen and oxygen atoms in total. The van der Waals surface area contributed by atoms with E-state index in [1.807, 2.05) is 19.1 Å². The van der Waals surface area contributed by atoms with Crippen molar-refractivity contribution in [2.24, 2.45) is 0 Å². The number of rotatable bonds is 5. The molecule has 0 saturated carbocycles. The third-order valence-electron chi connectivity index (χ3n) is 2.96. The molecule has 0 fully saturated rings. The van der Waals surface area contributed by atoms with E-state index in [1.165, 1.54) is 0 Å². The summed E-state index contributed by atoms with van der Waals surface area (Å²) in [4.78, 5) is 12.1. The van der Waals surface area contributed by atoms with Crippen molar-refractivity contribution in [2.75, 3.05) is 0 Å². The van der Waals surface area contributed by atoms with Crippen molar-refractivity contribution in [1.29, 1.82) is 0 Å². The first kappa shape index (κ1) is 15.4. The van der Waals surface area contributed by atoms with E-state index in [4.69, 9.17) is 16.0 Å². The van der Waals surface area contributed by atoms with E-state index < -0.39 is 0 Å². The molecule has 0 saturated heterocycles. The topological polar surface area (TPSA) is 42.2 Å². The Labute approximate surface area is 136 Å². The number of aryl methyl sites for hydroxylation is 1. The van der Waals surface area contributed by atoms with Gasteiger partial charge in [-0.1, -0.05) is 11.6 Å². The normalized spacial score (nSPS) is 12.2. The maximum atomic E-state index is 12.1. The Balaban J connectivity index is 1.88. The van der Waals surface area contributed by atoms with Gasteiger partial charge in [-0.25, -0.2) is 0 Å². The van der Waals surface area contributed by atoms with Crippen LogP contribution in [0.15, 0.2) is 41.0 Å². The van der Waals surface area contributed by atoms with Gasteiger partial charge in [0.05, 0.1) is 11.3 Å². The summed E-state index contributed by atoms with van der Waals surface area (Å²) < 4.78 is 6.15. The van der Waals surface area contributed by atoms with Crippen LogP contribution in [0, 0.1) is 3.57 Å². The van der Waals surface area contributed by atoms with Gasteiger partial charge in [-0.3, -0.25) is 4.79 Å². The molecular weight excluding hydrogens is 389 g/mol. The van der Waals surface area contributed by atoms with E-state index in [0.29, 0.717) is 10.6 Å². The third kappa shape index (κ3) is 4.24. The highest BCUT2D eigenvalue weighted by Crippen LogP contribution is 2.19. The van der Waals surface area contributed by atoms with Crippen LogP contribution < -0.4 is 5.32 Å². The molecule has 1 atom stereocenters. The molecule has 2 aromatic rings. The van der Waals surface area contributed by atoms with E-state index >= 15 is 0 Å². The average Bonchev–Trinajstić information content (AvgIpc) is 2.92. The van der Waals surface area contributed by atoms with Crippen LogP contribution in [0.1, 0.15) is 29.5 Å². The SMILES string of the molecule is CC(CCc1ccco1)NC(=O)c1ccc(Cl)c(I)c1. The first-order chi connectivity index (χ1) is 9.56. The lowest BCUT2D eigenvalue weighted by molar-refractivity contribution is 0.0938. The second kappa shape index (κ2) is 7.13. The highest BCUT2D eigenvalue weighted by molar-refractivity contribution is 14.1. The number of halogens is 2. The molecule has 0 spiro atoms. The minimum Gasteiger partial charge on any atom is -0.469 e. The highest BCUT2D eigenvalue weighted by atomic mass is 127. The average molecular weight is 404 g/mol. The Bertz CT molecular complexity index is 584. The summed E-state index contributed by atoms with van der Waals surface area (Å²) in [5.41, 5.74) is 0.628. The minimum atomic E-state index is -0.0773. The van der Waals surface area contributed by atoms with Gasteiger partial charge >= 0.3 is 0 Å². The van der Waals surface area contributed by atoms with Gasteiger partial charge in [0.25, 0.3) is 5.91 Å². The fraction of sp³-hybridized carbons (Fsp3) is 0.267. The molecule has 1 unspecified atom stereocenters. The molecule has 0 radical (unpaired) electrons. The van der Waals surface area contributed by atoms with Gasteiger partial charge < -0.3 is 9.73 Å². The van der Waals surface area contributed by atoms with Crippen molar-refractivity contribution >= 4 is 40.1 Å². The standard InChI is InChI=1S/C15H15ClINO2/c1-10(4-6-12-3-2-8-20-12)18-15(19)11-5-7-13(16)14(17)9-11/h2-3,5,7-10H,4,6H2,1H3,(H,18,19). The summed E-state index contributed by atoms with van der Waals surface area (Å²) in [7, 11) is 0. The molecule has 0 bridgehead atoms. The summed E-state index contributed by atoms with van der Waals surface area (Å²) in [6.45, 7) is 1.99. The van der Waals surface area contributed by atoms with Gasteiger partial charge in [0.1, 0.15) is 5.76 Å². The van der Waals surface area contributed by atoms with Crippen LogP contribution >= 0.6 is 34.2 Å². The Morgan fingerprint density at radius 3 is 2.90 bits per heavy atom. The zero-order valence-corrected chi connectivity index (χ0v) is 13.9. The van der Waals surface area contributed by atoms with E-state index in [2.05, 4.69) is 27.9 Å². The van der Waals surface area contributed by atoms with Crippen molar-refractivity contribution in [1.82, 2.24) is 5.32 Å². The Morgan fingerprint density at radius 1 is 1.45 bits per heavy atom. The molecule has 0 aliphatic rings. The largest absolute Gasteiger partial charge is 0.469 e. The number of hydrogen-bond acceptors (Lipinski definition) is 2. The van der Waals surface area contributed by atoms with Gasteiger partial charge in [0.15, 0.2) is 0 Å². The molecule has 1 aromatic heterocycles. The molecule has 1 heterocycles. The molecule has 1 amide bonds. The van der Waals surface area contributed by atoms with Crippen LogP contribution in [0.2, 0.25) is 5.02 Å². The van der Waals surface area contributed by atoms with Crippen molar-refractivity contribution < 1.29 is 9.21 Å². The Morgan fingerprint density at radius 2 is 2.25 bits per heavy atom. The highest BCUT2D eigenvalue weighted by Gasteiger charge is 2.11. The van der Waals surface area contributed by atoms with Gasteiger partial charge in [-0.2, -0.15) is 0 Å². The summed E-state index contributed by atoms with van der Waals surface area (Å²) in [6.07, 6.45) is 3.31. The van der Waals surface area contributed by atoms with Crippen LogP contribution in [-0.4, -0.2) is 11.9 Å². The molecule has 5 heteroatoms. The molecule has 2 rings (SSSR count). The second-order valence-corrected chi connectivity index (χ2v) is 6.19. The fourth-order valence-corrected chi connectivity index (χ4v) is 2.46. The van der Waals surface area contributed by atoms with Crippen LogP contribution in [0.5, 0.6) is 0 Å². The predicted molar refractivity (Wildman–Crippen MR) is 88.1 cm³/mol. The molecule has 0 aliphatic carbocycles. The van der Waals surface area contributed by atoms with Crippen LogP contribution in [0.4, 0.5) is 0 Å². The number of carbonyl (C=O) groups excluding carboxylic acids is 1. The first-order valence-corrected chi connectivity index (χ1v) is 7.80. The van der Waals surface area contributed by atoms with Crippen molar-refractivity contribution in [2.45, 2.75) is 25.8 Å². The van der Waals surface area contributed by atoms with Gasteiger partial charge in [0.2, 0.25) is 0 Å². The Hall–Kier alpha value is -1.01. The lowest BCUT2D eigenvalue weighted by atomic mass is 10.1. The van der Waals surface area contributed by atoms with Gasteiger partial charge in [0, 0.05) is 21.6 Å². The molecule has 1 N–H and O–H groups in total. The predicted octanol–water partition coefficient (Wildman–Crippen LogP) is 4.29. The van der Waals surface area contributed by atoms with Crippen LogP contribution in [-0.2, 0) is 6.42 Å². The summed E-state index contributed by atoms with van der Waals surface area (Å²) in [6, 6.07) is 9.16. The minimum absolute atomic E-state index is 0.0773. The van der Waals surface area contributed by atoms with Crippen molar-refractivity contribution in [3.05, 3.63) is 56.5 Å². The van der Waals surface area contributed by atoms with Crippen LogP contribution in [0.25, 0.3) is 0 Å². The van der Waals surface area contributed by atoms with Crippen molar-refractivity contribution in [3.8, 4) is 0 Å². The Kier molecular flexibility index (Phi) is 5.48. The van der Waals surface area contributed by atoms with E-state index in [1.54, 1.807) is 24.5 Å². The number of furan rings is 1. The number of benzene rings is 1. The smallest absolute Gasteiger partial charge is 0.251 e. The molecule has 20 heavy (non-hydrogen) atoms. The van der Waals surface area contributed by atoms with E-state index in [-0.39, 0.29) is 11.9 Å². The lowest BCUT2D eigenvalue weighted by Crippen LogP contribution is -2.32. The zero-order valence-electron chi connectivity index (χ0n) is 11.0. The first-order valence-electron chi connectivity index (χ1n) is 6.34. The van der Waals surface area contributed by atoms with Crippen LogP contribution in [0.3, 0.4) is 0 Å². The number of nitrogens with one attached hydrogen (secondary N) is 1. The number of amides is 1. The maximum Gasteiger partial charge on any atom is 0.251 e. The van der Waals surface area contributed by atoms with E-state index in [0.717, 1.165) is 22.2 Å². The van der Waals surface area contributed by atoms with Gasteiger partial charge in [-0.05, 0) is 66.3 Å². The summed E-state index contributed by atoms with van der Waals surface area (Å²) >= 11 is 8.06. The quantitative estimate of drug-likeness (QED) is 0.757. The molecular formula is C15H15ClINO2. The summed E-state index contributed by atoms with van der Waals surface area (Å²) in [5.74, 6) is 0.860. The fourth-order valence-electron chi connectivity index (χ4n) is 1.83.